The van der Waals surface area contributed by atoms with E-state index < -0.39 is 20.7 Å². The van der Waals surface area contributed by atoms with Crippen LogP contribution in [0.2, 0.25) is 0 Å². The van der Waals surface area contributed by atoms with Crippen molar-refractivity contribution in [2.45, 2.75) is 44.5 Å². The topological polar surface area (TPSA) is 96.0 Å². The Kier molecular flexibility index (Phi) is 12.8. The summed E-state index contributed by atoms with van der Waals surface area (Å²) in [5.41, 5.74) is -1.18. The third kappa shape index (κ3) is 8.25. The van der Waals surface area contributed by atoms with E-state index in [9.17, 15) is 9.13 Å². The van der Waals surface area contributed by atoms with Crippen molar-refractivity contribution < 1.29 is 27.2 Å². The second-order valence-corrected chi connectivity index (χ2v) is 11.3. The van der Waals surface area contributed by atoms with Crippen LogP contribution in [0.4, 0.5) is 0 Å². The van der Waals surface area contributed by atoms with E-state index in [1.165, 1.54) is 0 Å². The van der Waals surface area contributed by atoms with Crippen LogP contribution >= 0.6 is 27.0 Å². The molecule has 162 valence electrons. The first-order chi connectivity index (χ1) is 13.5. The highest BCUT2D eigenvalue weighted by molar-refractivity contribution is 7.99. The van der Waals surface area contributed by atoms with Crippen LogP contribution in [0.3, 0.4) is 0 Å². The predicted octanol–water partition coefficient (Wildman–Crippen LogP) is 4.97. The van der Waals surface area contributed by atoms with E-state index in [-0.39, 0.29) is 26.4 Å². The number of thioether (sulfide) groups is 1. The number of aromatic nitrogens is 1. The summed E-state index contributed by atoms with van der Waals surface area (Å²) in [5, 5.41) is 3.07. The van der Waals surface area contributed by atoms with Crippen molar-refractivity contribution in [3.05, 3.63) is 24.5 Å². The smallest absolute Gasteiger partial charge is 0.307 e. The molecule has 0 atom stereocenters. The molecule has 28 heavy (non-hydrogen) atoms. The van der Waals surface area contributed by atoms with E-state index in [0.717, 1.165) is 17.1 Å². The highest BCUT2D eigenvalue weighted by Gasteiger charge is 2.50. The van der Waals surface area contributed by atoms with Gasteiger partial charge in [0.2, 0.25) is 5.52 Å². The Morgan fingerprint density at radius 1 is 0.929 bits per heavy atom. The quantitative estimate of drug-likeness (QED) is 0.211. The van der Waals surface area contributed by atoms with E-state index in [1.807, 2.05) is 12.1 Å². The maximum atomic E-state index is 13.3. The van der Waals surface area contributed by atoms with Crippen molar-refractivity contribution >= 4 is 27.0 Å². The van der Waals surface area contributed by atoms with E-state index in [2.05, 4.69) is 10.3 Å². The molecule has 1 N–H and O–H groups in total. The number of nitrogens with one attached hydrogen (secondary N) is 1. The van der Waals surface area contributed by atoms with Crippen molar-refractivity contribution in [3.63, 3.8) is 0 Å². The summed E-state index contributed by atoms with van der Waals surface area (Å²) in [6.45, 7) is 7.92. The summed E-state index contributed by atoms with van der Waals surface area (Å²) in [4.78, 5) is 5.11. The maximum Gasteiger partial charge on any atom is 0.359 e. The molecular weight excluding hydrogens is 422 g/mol. The van der Waals surface area contributed by atoms with Crippen molar-refractivity contribution in [3.8, 4) is 0 Å². The van der Waals surface area contributed by atoms with Crippen molar-refractivity contribution in [1.82, 2.24) is 10.3 Å². The zero-order valence-electron chi connectivity index (χ0n) is 17.0. The molecule has 0 radical (unpaired) electrons. The van der Waals surface area contributed by atoms with Gasteiger partial charge in [0.05, 0.1) is 26.4 Å². The van der Waals surface area contributed by atoms with Gasteiger partial charge in [-0.2, -0.15) is 0 Å². The fourth-order valence-corrected chi connectivity index (χ4v) is 8.28. The standard InChI is InChI=1S/C17H32N2O6P2S/c1-5-22-26(20,23-6-2)17(27(21,24-7-3)25-8-4)19-12-9-15-28-16-10-13-18-14-11-16/h10-11,13-14,17,19H,5-9,12,15H2,1-4H3. The average Bonchev–Trinajstić information content (AvgIpc) is 2.66. The molecule has 0 fully saturated rings. The molecule has 1 heterocycles. The number of hydrogen-bond donors (Lipinski definition) is 1. The molecule has 0 spiro atoms. The average molecular weight is 454 g/mol. The van der Waals surface area contributed by atoms with Crippen LogP contribution in [0.1, 0.15) is 34.1 Å². The third-order valence-electron chi connectivity index (χ3n) is 3.40. The summed E-state index contributed by atoms with van der Waals surface area (Å²) in [7, 11) is -7.51. The lowest BCUT2D eigenvalue weighted by molar-refractivity contribution is 0.190. The first-order valence-electron chi connectivity index (χ1n) is 9.49. The van der Waals surface area contributed by atoms with E-state index in [0.29, 0.717) is 6.54 Å². The largest absolute Gasteiger partial charge is 0.359 e. The maximum absolute atomic E-state index is 13.3. The Bertz CT molecular complexity index is 587. The minimum atomic E-state index is -3.76. The molecule has 0 bridgehead atoms. The van der Waals surface area contributed by atoms with Gasteiger partial charge in [0, 0.05) is 17.3 Å². The van der Waals surface area contributed by atoms with Crippen LogP contribution in [0.5, 0.6) is 0 Å². The Balaban J connectivity index is 2.84. The van der Waals surface area contributed by atoms with Crippen LogP contribution < -0.4 is 5.32 Å². The van der Waals surface area contributed by atoms with Crippen molar-refractivity contribution in [2.24, 2.45) is 0 Å². The summed E-state index contributed by atoms with van der Waals surface area (Å²) in [6, 6.07) is 3.88. The molecule has 11 heteroatoms. The summed E-state index contributed by atoms with van der Waals surface area (Å²) >= 11 is 1.69. The Hall–Kier alpha value is -0.240. The number of rotatable bonds is 16. The normalized spacial score (nSPS) is 12.6. The van der Waals surface area contributed by atoms with Gasteiger partial charge in [-0.1, -0.05) is 0 Å². The molecule has 8 nitrogen and oxygen atoms in total. The molecule has 0 aliphatic rings. The summed E-state index contributed by atoms with van der Waals surface area (Å²) in [6.07, 6.45) is 4.25. The zero-order chi connectivity index (χ0) is 20.9. The van der Waals surface area contributed by atoms with Gasteiger partial charge in [-0.05, 0) is 58.5 Å². The Morgan fingerprint density at radius 3 is 1.82 bits per heavy atom. The van der Waals surface area contributed by atoms with Gasteiger partial charge in [0.25, 0.3) is 0 Å². The lowest BCUT2D eigenvalue weighted by Gasteiger charge is -2.31. The van der Waals surface area contributed by atoms with Gasteiger partial charge in [0.1, 0.15) is 0 Å². The molecule has 0 unspecified atom stereocenters. The lowest BCUT2D eigenvalue weighted by Crippen LogP contribution is -2.33. The van der Waals surface area contributed by atoms with E-state index in [1.54, 1.807) is 51.9 Å². The van der Waals surface area contributed by atoms with E-state index >= 15 is 0 Å². The molecule has 0 aromatic carbocycles. The third-order valence-corrected chi connectivity index (χ3v) is 10.2. The zero-order valence-corrected chi connectivity index (χ0v) is 19.6. The van der Waals surface area contributed by atoms with Crippen LogP contribution in [0, 0.1) is 0 Å². The molecule has 1 rings (SSSR count). The minimum Gasteiger partial charge on any atom is -0.307 e. The Morgan fingerprint density at radius 2 is 1.39 bits per heavy atom. The van der Waals surface area contributed by atoms with Gasteiger partial charge in [-0.15, -0.1) is 11.8 Å². The second kappa shape index (κ2) is 13.9. The van der Waals surface area contributed by atoms with E-state index in [4.69, 9.17) is 18.1 Å². The number of pyridine rings is 1. The minimum absolute atomic E-state index is 0.158. The van der Waals surface area contributed by atoms with Crippen molar-refractivity contribution in [1.29, 1.82) is 0 Å². The first kappa shape index (κ1) is 25.8. The molecule has 1 aromatic heterocycles. The molecule has 0 saturated carbocycles. The molecule has 0 amide bonds. The van der Waals surface area contributed by atoms with Gasteiger partial charge in [0.15, 0.2) is 0 Å². The highest BCUT2D eigenvalue weighted by atomic mass is 32.2. The van der Waals surface area contributed by atoms with Crippen LogP contribution in [-0.2, 0) is 27.2 Å². The summed E-state index contributed by atoms with van der Waals surface area (Å²) < 4.78 is 48.4. The van der Waals surface area contributed by atoms with Crippen LogP contribution in [-0.4, -0.2) is 49.2 Å². The Labute approximate surface area is 172 Å². The van der Waals surface area contributed by atoms with Gasteiger partial charge < -0.3 is 18.1 Å². The van der Waals surface area contributed by atoms with Crippen LogP contribution in [0.25, 0.3) is 0 Å². The second-order valence-electron chi connectivity index (χ2n) is 5.46. The fraction of sp³-hybridized carbons (Fsp3) is 0.706. The molecule has 0 aliphatic heterocycles. The number of hydrogen-bond acceptors (Lipinski definition) is 9. The lowest BCUT2D eigenvalue weighted by atomic mass is 10.5. The first-order valence-corrected chi connectivity index (χ1v) is 13.7. The highest BCUT2D eigenvalue weighted by Crippen LogP contribution is 2.69. The molecule has 0 aliphatic carbocycles. The molecule has 1 aromatic rings. The van der Waals surface area contributed by atoms with Gasteiger partial charge in [-0.25, -0.2) is 0 Å². The van der Waals surface area contributed by atoms with Crippen molar-refractivity contribution in [2.75, 3.05) is 38.7 Å². The molecular formula is C17H32N2O6P2S. The van der Waals surface area contributed by atoms with Crippen LogP contribution in [0.15, 0.2) is 29.4 Å². The summed E-state index contributed by atoms with van der Waals surface area (Å²) in [5.74, 6) is 0.824. The number of nitrogens with zero attached hydrogens (tertiary/aromatic N) is 1. The molecule has 0 saturated heterocycles. The predicted molar refractivity (Wildman–Crippen MR) is 113 cm³/mol. The SMILES string of the molecule is CCOP(=O)(OCC)C(NCCCSc1ccncc1)P(=O)(OCC)OCC. The van der Waals surface area contributed by atoms with Gasteiger partial charge in [-0.3, -0.25) is 19.4 Å². The van der Waals surface area contributed by atoms with Gasteiger partial charge >= 0.3 is 15.2 Å². The fourth-order valence-electron chi connectivity index (χ4n) is 2.40. The monoisotopic (exact) mass is 454 g/mol.